The van der Waals surface area contributed by atoms with Crippen LogP contribution in [0.1, 0.15) is 19.8 Å². The van der Waals surface area contributed by atoms with Gasteiger partial charge in [-0.2, -0.15) is 0 Å². The molecule has 1 aliphatic rings. The molecule has 0 saturated carbocycles. The lowest BCUT2D eigenvalue weighted by Crippen LogP contribution is -2.50. The first kappa shape index (κ1) is 11.4. The van der Waals surface area contributed by atoms with E-state index in [0.717, 1.165) is 19.4 Å². The van der Waals surface area contributed by atoms with Crippen molar-refractivity contribution < 1.29 is 20.1 Å². The van der Waals surface area contributed by atoms with Gasteiger partial charge in [0.1, 0.15) is 0 Å². The van der Waals surface area contributed by atoms with E-state index in [9.17, 15) is 15.0 Å². The Bertz CT molecular complexity index is 217. The summed E-state index contributed by atoms with van der Waals surface area (Å²) >= 11 is 0. The predicted octanol–water partition coefficient (Wildman–Crippen LogP) is -0.721. The number of aliphatic hydroxyl groups is 2. The van der Waals surface area contributed by atoms with Crippen molar-refractivity contribution in [3.63, 3.8) is 0 Å². The number of aliphatic carboxylic acids is 1. The van der Waals surface area contributed by atoms with Crippen LogP contribution in [-0.2, 0) is 4.79 Å². The number of carboxylic acid groups (broad SMARTS) is 1. The van der Waals surface area contributed by atoms with Gasteiger partial charge in [0.05, 0.1) is 6.10 Å². The first-order valence-electron chi connectivity index (χ1n) is 4.78. The molecule has 1 fully saturated rings. The Balaban J connectivity index is 2.47. The molecule has 1 aliphatic heterocycles. The number of β-amino-alcohol motifs (C(OH)–C–C–N with tert-alkyl or cyclic N) is 2. The highest BCUT2D eigenvalue weighted by atomic mass is 16.4. The standard InChI is InChI=1S/C9H17NO4/c1-9(14,8(12)13)6-10-4-2-3-7(11)5-10/h7,11,14H,2-6H2,1H3,(H,12,13). The number of hydrogen-bond donors (Lipinski definition) is 3. The fraction of sp³-hybridized carbons (Fsp3) is 0.889. The van der Waals surface area contributed by atoms with Gasteiger partial charge < -0.3 is 15.3 Å². The van der Waals surface area contributed by atoms with Crippen LogP contribution < -0.4 is 0 Å². The Morgan fingerprint density at radius 3 is 2.79 bits per heavy atom. The maximum atomic E-state index is 10.6. The fourth-order valence-corrected chi connectivity index (χ4v) is 1.68. The van der Waals surface area contributed by atoms with Gasteiger partial charge in [0, 0.05) is 13.1 Å². The second-order valence-electron chi connectivity index (χ2n) is 4.11. The summed E-state index contributed by atoms with van der Waals surface area (Å²) in [6.45, 7) is 2.53. The molecule has 2 atom stereocenters. The van der Waals surface area contributed by atoms with Crippen LogP contribution in [0, 0.1) is 0 Å². The summed E-state index contributed by atoms with van der Waals surface area (Å²) in [7, 11) is 0. The zero-order chi connectivity index (χ0) is 10.8. The molecule has 1 saturated heterocycles. The zero-order valence-corrected chi connectivity index (χ0v) is 8.31. The van der Waals surface area contributed by atoms with Crippen LogP contribution in [0.2, 0.25) is 0 Å². The molecule has 1 heterocycles. The maximum absolute atomic E-state index is 10.6. The minimum absolute atomic E-state index is 0.0688. The van der Waals surface area contributed by atoms with Crippen molar-refractivity contribution in [1.82, 2.24) is 4.90 Å². The summed E-state index contributed by atoms with van der Waals surface area (Å²) < 4.78 is 0. The van der Waals surface area contributed by atoms with Crippen LogP contribution >= 0.6 is 0 Å². The smallest absolute Gasteiger partial charge is 0.336 e. The van der Waals surface area contributed by atoms with Gasteiger partial charge in [0.2, 0.25) is 0 Å². The largest absolute Gasteiger partial charge is 0.479 e. The molecule has 0 amide bonds. The molecule has 2 unspecified atom stereocenters. The van der Waals surface area contributed by atoms with Crippen molar-refractivity contribution in [3.8, 4) is 0 Å². The van der Waals surface area contributed by atoms with Crippen LogP contribution in [0.4, 0.5) is 0 Å². The number of aliphatic hydroxyl groups excluding tert-OH is 1. The van der Waals surface area contributed by atoms with Crippen LogP contribution in [0.5, 0.6) is 0 Å². The molecule has 5 nitrogen and oxygen atoms in total. The molecule has 5 heteroatoms. The second-order valence-corrected chi connectivity index (χ2v) is 4.11. The highest BCUT2D eigenvalue weighted by Crippen LogP contribution is 2.14. The highest BCUT2D eigenvalue weighted by molar-refractivity contribution is 5.76. The maximum Gasteiger partial charge on any atom is 0.336 e. The summed E-state index contributed by atoms with van der Waals surface area (Å²) in [5.74, 6) is -1.22. The van der Waals surface area contributed by atoms with Gasteiger partial charge in [0.15, 0.2) is 5.60 Å². The van der Waals surface area contributed by atoms with Crippen molar-refractivity contribution in [2.24, 2.45) is 0 Å². The van der Waals surface area contributed by atoms with Crippen LogP contribution in [0.25, 0.3) is 0 Å². The topological polar surface area (TPSA) is 81.0 Å². The molecule has 14 heavy (non-hydrogen) atoms. The third-order valence-electron chi connectivity index (χ3n) is 2.47. The van der Waals surface area contributed by atoms with E-state index in [0.29, 0.717) is 6.54 Å². The number of likely N-dealkylation sites (tertiary alicyclic amines) is 1. The van der Waals surface area contributed by atoms with Gasteiger partial charge in [-0.3, -0.25) is 4.90 Å². The third kappa shape index (κ3) is 2.94. The Morgan fingerprint density at radius 1 is 1.64 bits per heavy atom. The summed E-state index contributed by atoms with van der Waals surface area (Å²) in [6.07, 6.45) is 1.20. The van der Waals surface area contributed by atoms with Crippen LogP contribution in [0.15, 0.2) is 0 Å². The molecule has 0 radical (unpaired) electrons. The number of piperidine rings is 1. The molecule has 0 aromatic carbocycles. The van der Waals surface area contributed by atoms with Crippen molar-refractivity contribution in [2.45, 2.75) is 31.5 Å². The highest BCUT2D eigenvalue weighted by Gasteiger charge is 2.33. The van der Waals surface area contributed by atoms with E-state index in [1.54, 1.807) is 4.90 Å². The van der Waals surface area contributed by atoms with Crippen LogP contribution in [-0.4, -0.2) is 57.5 Å². The molecular formula is C9H17NO4. The van der Waals surface area contributed by atoms with Gasteiger partial charge in [-0.25, -0.2) is 4.79 Å². The number of rotatable bonds is 3. The quantitative estimate of drug-likeness (QED) is 0.564. The first-order chi connectivity index (χ1) is 6.42. The Labute approximate surface area is 83.0 Å². The van der Waals surface area contributed by atoms with E-state index < -0.39 is 17.7 Å². The monoisotopic (exact) mass is 203 g/mol. The molecule has 3 N–H and O–H groups in total. The molecule has 0 aromatic rings. The molecule has 0 aliphatic carbocycles. The lowest BCUT2D eigenvalue weighted by Gasteiger charge is -2.33. The van der Waals surface area contributed by atoms with E-state index in [1.807, 2.05) is 0 Å². The van der Waals surface area contributed by atoms with Gasteiger partial charge in [-0.05, 0) is 26.3 Å². The molecule has 0 aromatic heterocycles. The predicted molar refractivity (Wildman–Crippen MR) is 49.9 cm³/mol. The number of carboxylic acids is 1. The molecule has 0 bridgehead atoms. The number of hydrogen-bond acceptors (Lipinski definition) is 4. The molecular weight excluding hydrogens is 186 g/mol. The SMILES string of the molecule is CC(O)(CN1CCCC(O)C1)C(=O)O. The first-order valence-corrected chi connectivity index (χ1v) is 4.78. The van der Waals surface area contributed by atoms with Crippen molar-refractivity contribution in [2.75, 3.05) is 19.6 Å². The Morgan fingerprint density at radius 2 is 2.29 bits per heavy atom. The number of carbonyl (C=O) groups is 1. The van der Waals surface area contributed by atoms with E-state index in [2.05, 4.69) is 0 Å². The number of nitrogens with zero attached hydrogens (tertiary/aromatic N) is 1. The van der Waals surface area contributed by atoms with E-state index >= 15 is 0 Å². The van der Waals surface area contributed by atoms with Crippen LogP contribution in [0.3, 0.4) is 0 Å². The lowest BCUT2D eigenvalue weighted by molar-refractivity contribution is -0.159. The Kier molecular flexibility index (Phi) is 3.47. The summed E-state index contributed by atoms with van der Waals surface area (Å²) in [6, 6.07) is 0. The van der Waals surface area contributed by atoms with E-state index in [1.165, 1.54) is 6.92 Å². The van der Waals surface area contributed by atoms with Gasteiger partial charge in [0.25, 0.3) is 0 Å². The molecule has 82 valence electrons. The average Bonchev–Trinajstić information content (AvgIpc) is 2.02. The molecule has 1 rings (SSSR count). The normalized spacial score (nSPS) is 28.4. The third-order valence-corrected chi connectivity index (χ3v) is 2.47. The zero-order valence-electron chi connectivity index (χ0n) is 8.31. The lowest BCUT2D eigenvalue weighted by atomic mass is 10.0. The van der Waals surface area contributed by atoms with Gasteiger partial charge in [-0.1, -0.05) is 0 Å². The summed E-state index contributed by atoms with van der Waals surface area (Å²) in [4.78, 5) is 12.4. The van der Waals surface area contributed by atoms with E-state index in [4.69, 9.17) is 5.11 Å². The minimum atomic E-state index is -1.73. The minimum Gasteiger partial charge on any atom is -0.479 e. The van der Waals surface area contributed by atoms with Gasteiger partial charge in [-0.15, -0.1) is 0 Å². The van der Waals surface area contributed by atoms with Crippen molar-refractivity contribution in [3.05, 3.63) is 0 Å². The van der Waals surface area contributed by atoms with Crippen molar-refractivity contribution in [1.29, 1.82) is 0 Å². The Hall–Kier alpha value is -0.650. The van der Waals surface area contributed by atoms with Crippen molar-refractivity contribution >= 4 is 5.97 Å². The average molecular weight is 203 g/mol. The summed E-state index contributed by atoms with van der Waals surface area (Å²) in [5.41, 5.74) is -1.73. The summed E-state index contributed by atoms with van der Waals surface area (Å²) in [5, 5.41) is 27.6. The fourth-order valence-electron chi connectivity index (χ4n) is 1.68. The molecule has 0 spiro atoms. The van der Waals surface area contributed by atoms with E-state index in [-0.39, 0.29) is 6.54 Å². The second kappa shape index (κ2) is 4.25. The van der Waals surface area contributed by atoms with Gasteiger partial charge >= 0.3 is 5.97 Å².